The monoisotopic (exact) mass is 289 g/mol. The van der Waals surface area contributed by atoms with E-state index in [-0.39, 0.29) is 5.91 Å². The number of rotatable bonds is 4. The third-order valence-electron chi connectivity index (χ3n) is 2.88. The summed E-state index contributed by atoms with van der Waals surface area (Å²) in [6.45, 7) is 2.59. The summed E-state index contributed by atoms with van der Waals surface area (Å²) in [7, 11) is 1.58. The molecule has 0 unspecified atom stereocenters. The Morgan fingerprint density at radius 2 is 2.10 bits per heavy atom. The highest BCUT2D eigenvalue weighted by Gasteiger charge is 2.09. The van der Waals surface area contributed by atoms with Crippen LogP contribution in [0.3, 0.4) is 0 Å². The van der Waals surface area contributed by atoms with E-state index in [1.807, 2.05) is 31.3 Å². The average Bonchev–Trinajstić information content (AvgIpc) is 2.47. The first-order valence-electron chi connectivity index (χ1n) is 6.27. The van der Waals surface area contributed by atoms with E-state index in [9.17, 15) is 4.79 Å². The molecule has 1 heterocycles. The van der Waals surface area contributed by atoms with Crippen LogP contribution < -0.4 is 10.6 Å². The lowest BCUT2D eigenvalue weighted by atomic mass is 10.2. The van der Waals surface area contributed by atoms with Gasteiger partial charge in [0, 0.05) is 18.9 Å². The molecule has 0 aliphatic carbocycles. The van der Waals surface area contributed by atoms with Gasteiger partial charge in [-0.05, 0) is 36.8 Å². The van der Waals surface area contributed by atoms with Gasteiger partial charge in [-0.1, -0.05) is 17.7 Å². The predicted molar refractivity (Wildman–Crippen MR) is 81.1 cm³/mol. The van der Waals surface area contributed by atoms with E-state index < -0.39 is 0 Å². The van der Waals surface area contributed by atoms with Crippen molar-refractivity contribution >= 4 is 23.2 Å². The van der Waals surface area contributed by atoms with Crippen LogP contribution in [0.2, 0.25) is 5.02 Å². The minimum Gasteiger partial charge on any atom is -0.379 e. The predicted octanol–water partition coefficient (Wildman–Crippen LogP) is 3.02. The standard InChI is InChI=1S/C15H16ClN3O/c1-10-3-4-12(18-8-10)9-19-11-5-6-14(16)13(7-11)15(20)17-2/h3-8,19H,9H2,1-2H3,(H,17,20). The van der Waals surface area contributed by atoms with Crippen LogP contribution in [0.1, 0.15) is 21.6 Å². The van der Waals surface area contributed by atoms with Gasteiger partial charge in [0.15, 0.2) is 0 Å². The molecule has 0 aliphatic heterocycles. The van der Waals surface area contributed by atoms with Crippen molar-refractivity contribution in [2.24, 2.45) is 0 Å². The van der Waals surface area contributed by atoms with Crippen LogP contribution in [0.4, 0.5) is 5.69 Å². The Labute approximate surface area is 123 Å². The van der Waals surface area contributed by atoms with Gasteiger partial charge in [0.2, 0.25) is 0 Å². The molecule has 0 saturated carbocycles. The molecule has 0 fully saturated rings. The van der Waals surface area contributed by atoms with Crippen molar-refractivity contribution in [2.45, 2.75) is 13.5 Å². The molecule has 2 rings (SSSR count). The van der Waals surface area contributed by atoms with Crippen LogP contribution in [0, 0.1) is 6.92 Å². The Kier molecular flexibility index (Phi) is 4.58. The number of carbonyl (C=O) groups excluding carboxylic acids is 1. The summed E-state index contributed by atoms with van der Waals surface area (Å²) in [5.41, 5.74) is 3.35. The fourth-order valence-electron chi connectivity index (χ4n) is 1.74. The van der Waals surface area contributed by atoms with Crippen LogP contribution >= 0.6 is 11.6 Å². The molecule has 4 nitrogen and oxygen atoms in total. The van der Waals surface area contributed by atoms with Crippen molar-refractivity contribution < 1.29 is 4.79 Å². The molecule has 20 heavy (non-hydrogen) atoms. The summed E-state index contributed by atoms with van der Waals surface area (Å²) in [5, 5.41) is 6.23. The number of pyridine rings is 1. The molecule has 2 N–H and O–H groups in total. The highest BCUT2D eigenvalue weighted by Crippen LogP contribution is 2.20. The Morgan fingerprint density at radius 3 is 2.75 bits per heavy atom. The number of aromatic nitrogens is 1. The number of carbonyl (C=O) groups is 1. The maximum absolute atomic E-state index is 11.7. The molecule has 0 spiro atoms. The third kappa shape index (κ3) is 3.48. The summed E-state index contributed by atoms with van der Waals surface area (Å²) in [6, 6.07) is 9.26. The van der Waals surface area contributed by atoms with Crippen molar-refractivity contribution in [2.75, 3.05) is 12.4 Å². The van der Waals surface area contributed by atoms with E-state index in [0.29, 0.717) is 17.1 Å². The van der Waals surface area contributed by atoms with Crippen LogP contribution in [-0.2, 0) is 6.54 Å². The molecule has 0 aliphatic rings. The zero-order valence-electron chi connectivity index (χ0n) is 11.4. The van der Waals surface area contributed by atoms with Gasteiger partial charge in [-0.25, -0.2) is 0 Å². The molecule has 0 saturated heterocycles. The van der Waals surface area contributed by atoms with Crippen molar-refractivity contribution in [3.05, 3.63) is 58.4 Å². The van der Waals surface area contributed by atoms with E-state index in [1.165, 1.54) is 0 Å². The number of nitrogens with zero attached hydrogens (tertiary/aromatic N) is 1. The smallest absolute Gasteiger partial charge is 0.252 e. The molecule has 104 valence electrons. The van der Waals surface area contributed by atoms with E-state index in [1.54, 1.807) is 19.2 Å². The van der Waals surface area contributed by atoms with Crippen molar-refractivity contribution in [3.8, 4) is 0 Å². The summed E-state index contributed by atoms with van der Waals surface area (Å²) < 4.78 is 0. The van der Waals surface area contributed by atoms with Gasteiger partial charge < -0.3 is 10.6 Å². The van der Waals surface area contributed by atoms with Crippen molar-refractivity contribution in [3.63, 3.8) is 0 Å². The van der Waals surface area contributed by atoms with Crippen molar-refractivity contribution in [1.82, 2.24) is 10.3 Å². The lowest BCUT2D eigenvalue weighted by Crippen LogP contribution is -2.18. The fourth-order valence-corrected chi connectivity index (χ4v) is 1.94. The van der Waals surface area contributed by atoms with E-state index in [4.69, 9.17) is 11.6 Å². The minimum absolute atomic E-state index is 0.202. The first-order valence-corrected chi connectivity index (χ1v) is 6.65. The third-order valence-corrected chi connectivity index (χ3v) is 3.21. The Balaban J connectivity index is 2.10. The van der Waals surface area contributed by atoms with E-state index in [0.717, 1.165) is 16.9 Å². The fraction of sp³-hybridized carbons (Fsp3) is 0.200. The number of benzene rings is 1. The van der Waals surface area contributed by atoms with Crippen LogP contribution in [0.25, 0.3) is 0 Å². The second kappa shape index (κ2) is 6.39. The second-order valence-corrected chi connectivity index (χ2v) is 4.86. The highest BCUT2D eigenvalue weighted by atomic mass is 35.5. The lowest BCUT2D eigenvalue weighted by molar-refractivity contribution is 0.0963. The van der Waals surface area contributed by atoms with Gasteiger partial charge in [-0.3, -0.25) is 9.78 Å². The number of nitrogens with one attached hydrogen (secondary N) is 2. The molecule has 1 aromatic heterocycles. The summed E-state index contributed by atoms with van der Waals surface area (Å²) in [6.07, 6.45) is 1.83. The maximum atomic E-state index is 11.7. The molecule has 1 amide bonds. The van der Waals surface area contributed by atoms with Gasteiger partial charge in [-0.2, -0.15) is 0 Å². The van der Waals surface area contributed by atoms with Crippen molar-refractivity contribution in [1.29, 1.82) is 0 Å². The molecule has 0 bridgehead atoms. The Bertz CT molecular complexity index is 611. The molecular formula is C15H16ClN3O. The van der Waals surface area contributed by atoms with Crippen LogP contribution in [-0.4, -0.2) is 17.9 Å². The van der Waals surface area contributed by atoms with Gasteiger partial charge >= 0.3 is 0 Å². The van der Waals surface area contributed by atoms with Gasteiger partial charge in [0.25, 0.3) is 5.91 Å². The largest absolute Gasteiger partial charge is 0.379 e. The molecule has 2 aromatic rings. The number of aryl methyl sites for hydroxylation is 1. The van der Waals surface area contributed by atoms with E-state index >= 15 is 0 Å². The minimum atomic E-state index is -0.202. The molecule has 5 heteroatoms. The first kappa shape index (κ1) is 14.3. The first-order chi connectivity index (χ1) is 9.60. The normalized spacial score (nSPS) is 10.2. The number of hydrogen-bond donors (Lipinski definition) is 2. The number of anilines is 1. The number of amides is 1. The highest BCUT2D eigenvalue weighted by molar-refractivity contribution is 6.34. The SMILES string of the molecule is CNC(=O)c1cc(NCc2ccc(C)cn2)ccc1Cl. The zero-order valence-corrected chi connectivity index (χ0v) is 12.2. The van der Waals surface area contributed by atoms with Gasteiger partial charge in [0.1, 0.15) is 0 Å². The summed E-state index contributed by atoms with van der Waals surface area (Å²) in [5.74, 6) is -0.202. The van der Waals surface area contributed by atoms with Gasteiger partial charge in [-0.15, -0.1) is 0 Å². The average molecular weight is 290 g/mol. The van der Waals surface area contributed by atoms with Crippen LogP contribution in [0.5, 0.6) is 0 Å². The molecule has 0 radical (unpaired) electrons. The number of hydrogen-bond acceptors (Lipinski definition) is 3. The summed E-state index contributed by atoms with van der Waals surface area (Å²) in [4.78, 5) is 16.0. The lowest BCUT2D eigenvalue weighted by Gasteiger charge is -2.09. The Morgan fingerprint density at radius 1 is 1.30 bits per heavy atom. The molecule has 1 aromatic carbocycles. The number of halogens is 1. The Hall–Kier alpha value is -2.07. The molecular weight excluding hydrogens is 274 g/mol. The molecule has 0 atom stereocenters. The van der Waals surface area contributed by atoms with Crippen LogP contribution in [0.15, 0.2) is 36.5 Å². The zero-order chi connectivity index (χ0) is 14.5. The summed E-state index contributed by atoms with van der Waals surface area (Å²) >= 11 is 6.00. The topological polar surface area (TPSA) is 54.0 Å². The van der Waals surface area contributed by atoms with E-state index in [2.05, 4.69) is 15.6 Å². The van der Waals surface area contributed by atoms with Gasteiger partial charge in [0.05, 0.1) is 22.8 Å². The quantitative estimate of drug-likeness (QED) is 0.910. The maximum Gasteiger partial charge on any atom is 0.252 e. The second-order valence-electron chi connectivity index (χ2n) is 4.45.